The maximum Gasteiger partial charge on any atom is 0.318 e. The lowest BCUT2D eigenvalue weighted by molar-refractivity contribution is -0.153. The molecule has 2 nitrogen and oxygen atoms in total. The van der Waals surface area contributed by atoms with E-state index in [1.165, 1.54) is 12.1 Å². The van der Waals surface area contributed by atoms with Crippen LogP contribution in [0.1, 0.15) is 32.8 Å². The monoisotopic (exact) mass is 234 g/mol. The van der Waals surface area contributed by atoms with Crippen molar-refractivity contribution in [1.29, 1.82) is 0 Å². The Morgan fingerprint density at radius 3 is 2.41 bits per heavy atom. The molecule has 0 saturated heterocycles. The largest absolute Gasteiger partial charge is 0.459 e. The van der Waals surface area contributed by atoms with Crippen LogP contribution in [-0.4, -0.2) is 11.6 Å². The predicted octanol–water partition coefficient (Wildman–Crippen LogP) is 2.91. The van der Waals surface area contributed by atoms with Crippen LogP contribution in [0.3, 0.4) is 0 Å². The second kappa shape index (κ2) is 5.49. The number of benzene rings is 1. The molecule has 0 fully saturated rings. The van der Waals surface area contributed by atoms with Crippen molar-refractivity contribution in [3.8, 4) is 11.8 Å². The van der Waals surface area contributed by atoms with E-state index in [2.05, 4.69) is 11.8 Å². The Morgan fingerprint density at radius 1 is 1.29 bits per heavy atom. The first-order valence-electron chi connectivity index (χ1n) is 5.33. The summed E-state index contributed by atoms with van der Waals surface area (Å²) in [6.07, 6.45) is 0.0364. The number of carbonyl (C=O) groups is 1. The molecule has 0 saturated carbocycles. The lowest BCUT2D eigenvalue weighted by atomic mass is 10.2. The predicted molar refractivity (Wildman–Crippen MR) is 63.7 cm³/mol. The summed E-state index contributed by atoms with van der Waals surface area (Å²) in [5, 5.41) is 0. The Morgan fingerprint density at radius 2 is 1.88 bits per heavy atom. The van der Waals surface area contributed by atoms with Crippen molar-refractivity contribution in [2.75, 3.05) is 0 Å². The van der Waals surface area contributed by atoms with Gasteiger partial charge in [-0.05, 0) is 45.0 Å². The number of carbonyl (C=O) groups excluding carboxylic acids is 1. The van der Waals surface area contributed by atoms with Gasteiger partial charge in [0, 0.05) is 5.56 Å². The topological polar surface area (TPSA) is 26.3 Å². The van der Waals surface area contributed by atoms with E-state index < -0.39 is 5.60 Å². The second-order valence-corrected chi connectivity index (χ2v) is 4.57. The van der Waals surface area contributed by atoms with Crippen LogP contribution in [0.5, 0.6) is 0 Å². The van der Waals surface area contributed by atoms with Gasteiger partial charge in [0.1, 0.15) is 17.8 Å². The van der Waals surface area contributed by atoms with Gasteiger partial charge < -0.3 is 4.74 Å². The van der Waals surface area contributed by atoms with Crippen molar-refractivity contribution >= 4 is 5.97 Å². The molecule has 0 unspecified atom stereocenters. The fraction of sp³-hybridized carbons (Fsp3) is 0.357. The summed E-state index contributed by atoms with van der Waals surface area (Å²) in [6.45, 7) is 5.41. The first-order chi connectivity index (χ1) is 7.87. The fourth-order valence-corrected chi connectivity index (χ4v) is 1.13. The molecule has 90 valence electrons. The molecule has 0 aromatic heterocycles. The molecule has 0 N–H and O–H groups in total. The van der Waals surface area contributed by atoms with E-state index in [-0.39, 0.29) is 18.2 Å². The van der Waals surface area contributed by atoms with Gasteiger partial charge in [-0.25, -0.2) is 4.39 Å². The molecule has 3 heteroatoms. The molecule has 1 rings (SSSR count). The highest BCUT2D eigenvalue weighted by molar-refractivity contribution is 5.73. The van der Waals surface area contributed by atoms with Gasteiger partial charge in [-0.2, -0.15) is 0 Å². The Bertz CT molecular complexity index is 444. The minimum absolute atomic E-state index is 0.0364. The van der Waals surface area contributed by atoms with E-state index in [0.717, 1.165) is 0 Å². The molecule has 0 aliphatic rings. The van der Waals surface area contributed by atoms with Gasteiger partial charge in [-0.1, -0.05) is 11.8 Å². The highest BCUT2D eigenvalue weighted by Crippen LogP contribution is 2.07. The molecule has 0 aliphatic heterocycles. The van der Waals surface area contributed by atoms with E-state index in [1.807, 2.05) is 0 Å². The SMILES string of the molecule is CC(C)(C)OC(=O)CC#Cc1ccc(F)cc1. The lowest BCUT2D eigenvalue weighted by Crippen LogP contribution is -2.23. The number of halogens is 1. The van der Waals surface area contributed by atoms with Gasteiger partial charge >= 0.3 is 5.97 Å². The van der Waals surface area contributed by atoms with Crippen LogP contribution in [0.2, 0.25) is 0 Å². The summed E-state index contributed by atoms with van der Waals surface area (Å²) in [6, 6.07) is 5.80. The van der Waals surface area contributed by atoms with Crippen LogP contribution in [-0.2, 0) is 9.53 Å². The Balaban J connectivity index is 2.51. The molecule has 0 spiro atoms. The summed E-state index contributed by atoms with van der Waals surface area (Å²) >= 11 is 0. The number of esters is 1. The molecule has 0 atom stereocenters. The highest BCUT2D eigenvalue weighted by atomic mass is 19.1. The zero-order valence-corrected chi connectivity index (χ0v) is 10.2. The van der Waals surface area contributed by atoms with E-state index in [1.54, 1.807) is 32.9 Å². The highest BCUT2D eigenvalue weighted by Gasteiger charge is 2.14. The normalized spacial score (nSPS) is 10.4. The Kier molecular flexibility index (Phi) is 4.28. The van der Waals surface area contributed by atoms with Crippen LogP contribution >= 0.6 is 0 Å². The van der Waals surface area contributed by atoms with Crippen molar-refractivity contribution in [2.45, 2.75) is 32.8 Å². The van der Waals surface area contributed by atoms with Crippen LogP contribution in [0.25, 0.3) is 0 Å². The summed E-state index contributed by atoms with van der Waals surface area (Å²) < 4.78 is 17.7. The van der Waals surface area contributed by atoms with E-state index in [0.29, 0.717) is 5.56 Å². The van der Waals surface area contributed by atoms with Crippen LogP contribution in [0.15, 0.2) is 24.3 Å². The molecule has 0 radical (unpaired) electrons. The standard InChI is InChI=1S/C14H15FO2/c1-14(2,3)17-13(16)6-4-5-11-7-9-12(15)10-8-11/h7-10H,6H2,1-3H3. The molecule has 17 heavy (non-hydrogen) atoms. The average Bonchev–Trinajstić information content (AvgIpc) is 2.18. The summed E-state index contributed by atoms with van der Waals surface area (Å²) in [7, 11) is 0. The minimum atomic E-state index is -0.491. The molecule has 0 aliphatic carbocycles. The molecule has 0 amide bonds. The average molecular weight is 234 g/mol. The van der Waals surface area contributed by atoms with Gasteiger partial charge in [-0.15, -0.1) is 0 Å². The first-order valence-corrected chi connectivity index (χ1v) is 5.33. The van der Waals surface area contributed by atoms with Crippen LogP contribution in [0, 0.1) is 17.7 Å². The van der Waals surface area contributed by atoms with Crippen molar-refractivity contribution in [1.82, 2.24) is 0 Å². The molecular weight excluding hydrogens is 219 g/mol. The van der Waals surface area contributed by atoms with Gasteiger partial charge in [0.15, 0.2) is 0 Å². The molecule has 1 aromatic carbocycles. The van der Waals surface area contributed by atoms with Crippen LogP contribution < -0.4 is 0 Å². The van der Waals surface area contributed by atoms with E-state index >= 15 is 0 Å². The smallest absolute Gasteiger partial charge is 0.318 e. The first kappa shape index (κ1) is 13.2. The number of ether oxygens (including phenoxy) is 1. The maximum atomic E-state index is 12.6. The zero-order valence-electron chi connectivity index (χ0n) is 10.2. The van der Waals surface area contributed by atoms with Gasteiger partial charge in [0.2, 0.25) is 0 Å². The number of hydrogen-bond donors (Lipinski definition) is 0. The second-order valence-electron chi connectivity index (χ2n) is 4.57. The lowest BCUT2D eigenvalue weighted by Gasteiger charge is -2.18. The van der Waals surface area contributed by atoms with E-state index in [4.69, 9.17) is 4.74 Å². The summed E-state index contributed by atoms with van der Waals surface area (Å²) in [5.74, 6) is 4.81. The molecular formula is C14H15FO2. The number of rotatable bonds is 1. The molecule has 1 aromatic rings. The quantitative estimate of drug-likeness (QED) is 0.551. The van der Waals surface area contributed by atoms with Crippen molar-refractivity contribution in [3.05, 3.63) is 35.6 Å². The Labute approximate surface area is 101 Å². The third-order valence-corrected chi connectivity index (χ3v) is 1.73. The number of hydrogen-bond acceptors (Lipinski definition) is 2. The Hall–Kier alpha value is -1.82. The van der Waals surface area contributed by atoms with Crippen molar-refractivity contribution in [2.24, 2.45) is 0 Å². The molecule has 0 bridgehead atoms. The third kappa shape index (κ3) is 5.72. The van der Waals surface area contributed by atoms with Gasteiger partial charge in [0.25, 0.3) is 0 Å². The third-order valence-electron chi connectivity index (χ3n) is 1.73. The fourth-order valence-electron chi connectivity index (χ4n) is 1.13. The van der Waals surface area contributed by atoms with Crippen molar-refractivity contribution < 1.29 is 13.9 Å². The van der Waals surface area contributed by atoms with Crippen LogP contribution in [0.4, 0.5) is 4.39 Å². The molecule has 0 heterocycles. The minimum Gasteiger partial charge on any atom is -0.459 e. The zero-order chi connectivity index (χ0) is 12.9. The van der Waals surface area contributed by atoms with E-state index in [9.17, 15) is 9.18 Å². The van der Waals surface area contributed by atoms with Gasteiger partial charge in [-0.3, -0.25) is 4.79 Å². The van der Waals surface area contributed by atoms with Gasteiger partial charge in [0.05, 0.1) is 0 Å². The van der Waals surface area contributed by atoms with Crippen molar-refractivity contribution in [3.63, 3.8) is 0 Å². The maximum absolute atomic E-state index is 12.6. The summed E-state index contributed by atoms with van der Waals surface area (Å²) in [5.41, 5.74) is 0.184. The summed E-state index contributed by atoms with van der Waals surface area (Å²) in [4.78, 5) is 11.3.